The first-order chi connectivity index (χ1) is 13.8. The number of aromatic nitrogens is 8. The van der Waals surface area contributed by atoms with Crippen LogP contribution in [0.15, 0.2) is 48.0 Å². The molecule has 1 fully saturated rings. The van der Waals surface area contributed by atoms with Crippen LogP contribution in [0.2, 0.25) is 0 Å². The smallest absolute Gasteiger partial charge is 0.266 e. The second-order valence-electron chi connectivity index (χ2n) is 6.89. The molecule has 1 N–H and O–H groups in total. The molecule has 4 aromatic heterocycles. The highest BCUT2D eigenvalue weighted by Gasteiger charge is 2.23. The fraction of sp³-hybridized carbons (Fsp3) is 0.333. The molecule has 28 heavy (non-hydrogen) atoms. The van der Waals surface area contributed by atoms with E-state index in [1.54, 1.807) is 40.3 Å². The van der Waals surface area contributed by atoms with Crippen LogP contribution in [0.3, 0.4) is 0 Å². The number of H-pyrrole nitrogens is 1. The molecule has 1 saturated heterocycles. The summed E-state index contributed by atoms with van der Waals surface area (Å²) in [7, 11) is 0. The van der Waals surface area contributed by atoms with Crippen LogP contribution in [-0.2, 0) is 6.54 Å². The summed E-state index contributed by atoms with van der Waals surface area (Å²) in [5.41, 5.74) is 1.46. The molecule has 0 radical (unpaired) electrons. The van der Waals surface area contributed by atoms with Crippen LogP contribution >= 0.6 is 0 Å². The molecule has 0 atom stereocenters. The molecular weight excluding hydrogens is 358 g/mol. The lowest BCUT2D eigenvalue weighted by Gasteiger charge is -2.32. The van der Waals surface area contributed by atoms with Gasteiger partial charge in [-0.2, -0.15) is 5.10 Å². The van der Waals surface area contributed by atoms with Gasteiger partial charge in [-0.05, 0) is 30.9 Å². The summed E-state index contributed by atoms with van der Waals surface area (Å²) in [4.78, 5) is 30.4. The molecule has 1 aliphatic rings. The highest BCUT2D eigenvalue weighted by molar-refractivity contribution is 5.82. The number of piperidine rings is 1. The number of anilines is 1. The quantitative estimate of drug-likeness (QED) is 0.565. The third-order valence-corrected chi connectivity index (χ3v) is 5.14. The van der Waals surface area contributed by atoms with Crippen molar-refractivity contribution in [3.8, 4) is 5.82 Å². The van der Waals surface area contributed by atoms with Gasteiger partial charge in [-0.3, -0.25) is 4.79 Å². The Morgan fingerprint density at radius 3 is 2.86 bits per heavy atom. The SMILES string of the molecule is O=c1ccc(-n2cccn2)nn1CC1CCN(c2ncnc3nc[nH]c23)CC1. The van der Waals surface area contributed by atoms with Gasteiger partial charge in [0.25, 0.3) is 5.56 Å². The standard InChI is InChI=1S/C18H19N9O/c28-15-3-2-14(26-7-1-6-23-26)24-27(15)10-13-4-8-25(9-5-13)18-16-17(20-11-19-16)21-12-22-18/h1-3,6-7,11-13H,4-5,8-10H2,(H,19,20,21,22). The van der Waals surface area contributed by atoms with Crippen molar-refractivity contribution in [3.05, 3.63) is 53.6 Å². The molecule has 0 aromatic carbocycles. The van der Waals surface area contributed by atoms with E-state index in [-0.39, 0.29) is 5.56 Å². The zero-order valence-electron chi connectivity index (χ0n) is 15.1. The number of nitrogens with one attached hydrogen (secondary N) is 1. The van der Waals surface area contributed by atoms with Crippen molar-refractivity contribution in [1.82, 2.24) is 39.5 Å². The Morgan fingerprint density at radius 1 is 1.14 bits per heavy atom. The zero-order valence-corrected chi connectivity index (χ0v) is 15.1. The Hall–Kier alpha value is -3.56. The van der Waals surface area contributed by atoms with Crippen molar-refractivity contribution in [1.29, 1.82) is 0 Å². The average molecular weight is 377 g/mol. The van der Waals surface area contributed by atoms with Crippen molar-refractivity contribution >= 4 is 17.0 Å². The number of rotatable bonds is 4. The van der Waals surface area contributed by atoms with Crippen molar-refractivity contribution in [2.45, 2.75) is 19.4 Å². The summed E-state index contributed by atoms with van der Waals surface area (Å²) in [6.07, 6.45) is 8.61. The molecule has 5 rings (SSSR count). The molecule has 0 unspecified atom stereocenters. The normalized spacial score (nSPS) is 15.4. The van der Waals surface area contributed by atoms with Crippen molar-refractivity contribution in [3.63, 3.8) is 0 Å². The van der Waals surface area contributed by atoms with Crippen LogP contribution in [0.1, 0.15) is 12.8 Å². The molecule has 142 valence electrons. The monoisotopic (exact) mass is 377 g/mol. The van der Waals surface area contributed by atoms with Crippen LogP contribution in [0, 0.1) is 5.92 Å². The molecule has 10 heteroatoms. The molecule has 0 spiro atoms. The molecule has 0 saturated carbocycles. The number of aromatic amines is 1. The number of hydrogen-bond donors (Lipinski definition) is 1. The van der Waals surface area contributed by atoms with E-state index in [4.69, 9.17) is 0 Å². The second kappa shape index (κ2) is 6.87. The van der Waals surface area contributed by atoms with Gasteiger partial charge in [-0.1, -0.05) is 0 Å². The third-order valence-electron chi connectivity index (χ3n) is 5.14. The van der Waals surface area contributed by atoms with Gasteiger partial charge in [0.2, 0.25) is 0 Å². The first-order valence-electron chi connectivity index (χ1n) is 9.25. The highest BCUT2D eigenvalue weighted by Crippen LogP contribution is 2.26. The molecule has 1 aliphatic heterocycles. The first kappa shape index (κ1) is 16.6. The van der Waals surface area contributed by atoms with Crippen molar-refractivity contribution in [2.75, 3.05) is 18.0 Å². The molecule has 4 aromatic rings. The van der Waals surface area contributed by atoms with Gasteiger partial charge >= 0.3 is 0 Å². The number of hydrogen-bond acceptors (Lipinski definition) is 7. The Bertz CT molecular complexity index is 1140. The average Bonchev–Trinajstić information content (AvgIpc) is 3.42. The van der Waals surface area contributed by atoms with Crippen LogP contribution < -0.4 is 10.5 Å². The van der Waals surface area contributed by atoms with E-state index >= 15 is 0 Å². The predicted molar refractivity (Wildman–Crippen MR) is 102 cm³/mol. The van der Waals surface area contributed by atoms with Gasteiger partial charge in [-0.25, -0.2) is 24.3 Å². The lowest BCUT2D eigenvalue weighted by atomic mass is 9.97. The summed E-state index contributed by atoms with van der Waals surface area (Å²) >= 11 is 0. The molecule has 5 heterocycles. The Kier molecular flexibility index (Phi) is 4.08. The summed E-state index contributed by atoms with van der Waals surface area (Å²) in [6.45, 7) is 2.33. The van der Waals surface area contributed by atoms with Gasteiger partial charge < -0.3 is 9.88 Å². The number of fused-ring (bicyclic) bond motifs is 1. The number of imidazole rings is 1. The second-order valence-corrected chi connectivity index (χ2v) is 6.89. The maximum absolute atomic E-state index is 12.2. The van der Waals surface area contributed by atoms with Gasteiger partial charge in [0.15, 0.2) is 17.3 Å². The van der Waals surface area contributed by atoms with Gasteiger partial charge in [0.05, 0.1) is 6.33 Å². The molecule has 10 nitrogen and oxygen atoms in total. The largest absolute Gasteiger partial charge is 0.355 e. The summed E-state index contributed by atoms with van der Waals surface area (Å²) < 4.78 is 3.21. The van der Waals surface area contributed by atoms with E-state index in [0.29, 0.717) is 23.9 Å². The van der Waals surface area contributed by atoms with E-state index in [1.165, 1.54) is 0 Å². The highest BCUT2D eigenvalue weighted by atomic mass is 16.1. The van der Waals surface area contributed by atoms with Gasteiger partial charge in [0, 0.05) is 38.1 Å². The lowest BCUT2D eigenvalue weighted by molar-refractivity contribution is 0.334. The maximum Gasteiger partial charge on any atom is 0.266 e. The summed E-state index contributed by atoms with van der Waals surface area (Å²) in [6, 6.07) is 5.07. The Morgan fingerprint density at radius 2 is 2.04 bits per heavy atom. The van der Waals surface area contributed by atoms with E-state index in [0.717, 1.165) is 37.3 Å². The lowest BCUT2D eigenvalue weighted by Crippen LogP contribution is -2.37. The summed E-state index contributed by atoms with van der Waals surface area (Å²) in [5, 5.41) is 8.66. The molecule has 0 bridgehead atoms. The third kappa shape index (κ3) is 3.02. The number of nitrogens with zero attached hydrogens (tertiary/aromatic N) is 8. The minimum Gasteiger partial charge on any atom is -0.355 e. The van der Waals surface area contributed by atoms with Crippen molar-refractivity contribution in [2.24, 2.45) is 5.92 Å². The van der Waals surface area contributed by atoms with Crippen molar-refractivity contribution < 1.29 is 0 Å². The predicted octanol–water partition coefficient (Wildman–Crippen LogP) is 1.01. The van der Waals surface area contributed by atoms with E-state index in [1.807, 2.05) is 12.3 Å². The Labute approximate surface area is 159 Å². The fourth-order valence-corrected chi connectivity index (χ4v) is 3.66. The molecular formula is C18H19N9O. The van der Waals surface area contributed by atoms with Crippen LogP contribution in [0.25, 0.3) is 17.0 Å². The van der Waals surface area contributed by atoms with Crippen LogP contribution in [0.4, 0.5) is 5.82 Å². The van der Waals surface area contributed by atoms with E-state index in [9.17, 15) is 4.79 Å². The van der Waals surface area contributed by atoms with E-state index in [2.05, 4.69) is 35.0 Å². The van der Waals surface area contributed by atoms with E-state index < -0.39 is 0 Å². The fourth-order valence-electron chi connectivity index (χ4n) is 3.66. The summed E-state index contributed by atoms with van der Waals surface area (Å²) in [5.74, 6) is 1.91. The zero-order chi connectivity index (χ0) is 18.9. The van der Waals surface area contributed by atoms with Crippen LogP contribution in [-0.4, -0.2) is 52.6 Å². The maximum atomic E-state index is 12.2. The minimum absolute atomic E-state index is 0.0895. The van der Waals surface area contributed by atoms with Gasteiger partial charge in [-0.15, -0.1) is 5.10 Å². The minimum atomic E-state index is -0.0895. The molecule has 0 amide bonds. The first-order valence-corrected chi connectivity index (χ1v) is 9.25. The Balaban J connectivity index is 1.30. The van der Waals surface area contributed by atoms with Gasteiger partial charge in [0.1, 0.15) is 11.8 Å². The topological polar surface area (TPSA) is 110 Å². The molecule has 0 aliphatic carbocycles. The van der Waals surface area contributed by atoms with Crippen LogP contribution in [0.5, 0.6) is 0 Å².